The summed E-state index contributed by atoms with van der Waals surface area (Å²) in [4.78, 5) is 28.7. The van der Waals surface area contributed by atoms with Crippen LogP contribution in [0.25, 0.3) is 16.6 Å². The first-order chi connectivity index (χ1) is 15.6. The van der Waals surface area contributed by atoms with Gasteiger partial charge in [-0.2, -0.15) is 13.2 Å². The van der Waals surface area contributed by atoms with E-state index in [4.69, 9.17) is 5.73 Å². The number of primary amides is 1. The molecule has 0 saturated carbocycles. The molecule has 1 aliphatic heterocycles. The van der Waals surface area contributed by atoms with E-state index in [1.165, 1.54) is 16.7 Å². The zero-order valence-corrected chi connectivity index (χ0v) is 18.4. The van der Waals surface area contributed by atoms with Crippen molar-refractivity contribution in [2.75, 3.05) is 31.1 Å². The average molecular weight is 458 g/mol. The molecule has 1 amide bonds. The Morgan fingerprint density at radius 1 is 1.03 bits per heavy atom. The molecule has 1 fully saturated rings. The van der Waals surface area contributed by atoms with Gasteiger partial charge in [0.15, 0.2) is 0 Å². The van der Waals surface area contributed by atoms with Gasteiger partial charge in [0.1, 0.15) is 5.56 Å². The van der Waals surface area contributed by atoms with E-state index in [-0.39, 0.29) is 22.2 Å². The summed E-state index contributed by atoms with van der Waals surface area (Å²) in [6.07, 6.45) is -3.55. The number of anilines is 1. The Balaban J connectivity index is 1.86. The van der Waals surface area contributed by atoms with Crippen molar-refractivity contribution in [2.45, 2.75) is 26.1 Å². The SMILES string of the molecule is CC(C)N1CCN(c2ccc(-n3cc(C(N)=O)c(=O)c4ccccc43)c(C(F)(F)F)c2)CC1. The standard InChI is InChI=1S/C24H25F3N4O2/c1-15(2)29-9-11-30(12-10-29)16-7-8-21(19(13-16)24(25,26)27)31-14-18(23(28)33)22(32)17-5-3-4-6-20(17)31/h3-8,13-15H,9-12H2,1-2H3,(H2,28,33). The van der Waals surface area contributed by atoms with Gasteiger partial charge in [-0.05, 0) is 44.2 Å². The number of carbonyl (C=O) groups is 1. The van der Waals surface area contributed by atoms with E-state index >= 15 is 0 Å². The third-order valence-corrected chi connectivity index (χ3v) is 6.13. The molecule has 6 nitrogen and oxygen atoms in total. The number of pyridine rings is 1. The van der Waals surface area contributed by atoms with Gasteiger partial charge in [-0.3, -0.25) is 14.5 Å². The molecule has 33 heavy (non-hydrogen) atoms. The van der Waals surface area contributed by atoms with Crippen molar-refractivity contribution >= 4 is 22.5 Å². The summed E-state index contributed by atoms with van der Waals surface area (Å²) in [6, 6.07) is 10.8. The third-order valence-electron chi connectivity index (χ3n) is 6.13. The molecular formula is C24H25F3N4O2. The molecule has 174 valence electrons. The number of benzene rings is 2. The molecule has 3 aromatic rings. The maximum Gasteiger partial charge on any atom is 0.418 e. The number of carbonyl (C=O) groups excluding carboxylic acids is 1. The van der Waals surface area contributed by atoms with Crippen molar-refractivity contribution < 1.29 is 18.0 Å². The minimum atomic E-state index is -4.65. The van der Waals surface area contributed by atoms with Gasteiger partial charge in [0.25, 0.3) is 5.91 Å². The Hall–Kier alpha value is -3.33. The van der Waals surface area contributed by atoms with Gasteiger partial charge >= 0.3 is 6.18 Å². The summed E-state index contributed by atoms with van der Waals surface area (Å²) in [5.41, 5.74) is 4.09. The predicted octanol–water partition coefficient (Wildman–Crippen LogP) is 3.64. The Kier molecular flexibility index (Phi) is 5.92. The Labute approximate surface area is 189 Å². The number of rotatable bonds is 4. The third kappa shape index (κ3) is 4.32. The van der Waals surface area contributed by atoms with Crippen molar-refractivity contribution in [1.82, 2.24) is 9.47 Å². The molecule has 1 aliphatic rings. The lowest BCUT2D eigenvalue weighted by atomic mass is 10.1. The zero-order chi connectivity index (χ0) is 23.9. The lowest BCUT2D eigenvalue weighted by Crippen LogP contribution is -2.48. The van der Waals surface area contributed by atoms with Crippen molar-refractivity contribution in [1.29, 1.82) is 0 Å². The van der Waals surface area contributed by atoms with Gasteiger partial charge in [-0.1, -0.05) is 12.1 Å². The molecule has 2 N–H and O–H groups in total. The number of fused-ring (bicyclic) bond motifs is 1. The first-order valence-electron chi connectivity index (χ1n) is 10.7. The summed E-state index contributed by atoms with van der Waals surface area (Å²) >= 11 is 0. The largest absolute Gasteiger partial charge is 0.418 e. The number of aromatic nitrogens is 1. The van der Waals surface area contributed by atoms with Crippen LogP contribution in [0.1, 0.15) is 29.8 Å². The molecule has 0 bridgehead atoms. The minimum Gasteiger partial charge on any atom is -0.369 e. The van der Waals surface area contributed by atoms with Crippen LogP contribution in [0.15, 0.2) is 53.5 Å². The summed E-state index contributed by atoms with van der Waals surface area (Å²) in [7, 11) is 0. The zero-order valence-electron chi connectivity index (χ0n) is 18.4. The fourth-order valence-electron chi connectivity index (χ4n) is 4.31. The molecule has 0 radical (unpaired) electrons. The second-order valence-electron chi connectivity index (χ2n) is 8.44. The fraction of sp³-hybridized carbons (Fsp3) is 0.333. The van der Waals surface area contributed by atoms with Crippen LogP contribution >= 0.6 is 0 Å². The molecule has 2 aromatic carbocycles. The highest BCUT2D eigenvalue weighted by molar-refractivity contribution is 5.96. The molecule has 2 heterocycles. The highest BCUT2D eigenvalue weighted by Gasteiger charge is 2.35. The van der Waals surface area contributed by atoms with Crippen LogP contribution in [0.5, 0.6) is 0 Å². The van der Waals surface area contributed by atoms with Crippen LogP contribution < -0.4 is 16.1 Å². The van der Waals surface area contributed by atoms with Crippen LogP contribution in [-0.4, -0.2) is 47.6 Å². The number of amides is 1. The molecular weight excluding hydrogens is 433 g/mol. The summed E-state index contributed by atoms with van der Waals surface area (Å²) in [5.74, 6) is -0.993. The molecule has 0 unspecified atom stereocenters. The summed E-state index contributed by atoms with van der Waals surface area (Å²) in [6.45, 7) is 6.99. The number of piperazine rings is 1. The maximum absolute atomic E-state index is 14.2. The monoisotopic (exact) mass is 458 g/mol. The Morgan fingerprint density at radius 2 is 1.70 bits per heavy atom. The van der Waals surface area contributed by atoms with Gasteiger partial charge in [-0.25, -0.2) is 0 Å². The first-order valence-corrected chi connectivity index (χ1v) is 10.7. The van der Waals surface area contributed by atoms with Gasteiger partial charge < -0.3 is 15.2 Å². The van der Waals surface area contributed by atoms with Gasteiger partial charge in [0.2, 0.25) is 5.43 Å². The number of hydrogen-bond donors (Lipinski definition) is 1. The molecule has 1 aromatic heterocycles. The fourth-order valence-corrected chi connectivity index (χ4v) is 4.31. The van der Waals surface area contributed by atoms with E-state index in [2.05, 4.69) is 18.7 Å². The number of nitrogens with zero attached hydrogens (tertiary/aromatic N) is 3. The Morgan fingerprint density at radius 3 is 2.30 bits per heavy atom. The van der Waals surface area contributed by atoms with Gasteiger partial charge in [-0.15, -0.1) is 0 Å². The van der Waals surface area contributed by atoms with Crippen LogP contribution in [0.4, 0.5) is 18.9 Å². The first kappa shape index (κ1) is 22.8. The van der Waals surface area contributed by atoms with E-state index in [0.29, 0.717) is 24.8 Å². The molecule has 0 atom stereocenters. The second kappa shape index (κ2) is 8.55. The van der Waals surface area contributed by atoms with Crippen LogP contribution in [-0.2, 0) is 6.18 Å². The van der Waals surface area contributed by atoms with Crippen LogP contribution in [0.3, 0.4) is 0 Å². The topological polar surface area (TPSA) is 71.6 Å². The minimum absolute atomic E-state index is 0.121. The maximum atomic E-state index is 14.2. The highest BCUT2D eigenvalue weighted by atomic mass is 19.4. The quantitative estimate of drug-likeness (QED) is 0.648. The van der Waals surface area contributed by atoms with Crippen LogP contribution in [0.2, 0.25) is 0 Å². The Bertz CT molecular complexity index is 1260. The van der Waals surface area contributed by atoms with Gasteiger partial charge in [0, 0.05) is 49.5 Å². The summed E-state index contributed by atoms with van der Waals surface area (Å²) in [5, 5.41) is 0.121. The van der Waals surface area contributed by atoms with E-state index in [0.717, 1.165) is 25.4 Å². The number of hydrogen-bond acceptors (Lipinski definition) is 4. The summed E-state index contributed by atoms with van der Waals surface area (Å²) < 4.78 is 43.8. The number of para-hydroxylation sites is 1. The van der Waals surface area contributed by atoms with Crippen molar-refractivity contribution in [2.24, 2.45) is 5.73 Å². The van der Waals surface area contributed by atoms with E-state index in [9.17, 15) is 22.8 Å². The smallest absolute Gasteiger partial charge is 0.369 e. The number of nitrogens with two attached hydrogens (primary N) is 1. The second-order valence-corrected chi connectivity index (χ2v) is 8.44. The number of alkyl halides is 3. The molecule has 1 saturated heterocycles. The lowest BCUT2D eigenvalue weighted by molar-refractivity contribution is -0.137. The van der Waals surface area contributed by atoms with Crippen molar-refractivity contribution in [3.05, 3.63) is 70.0 Å². The van der Waals surface area contributed by atoms with Crippen LogP contribution in [0, 0.1) is 0 Å². The highest BCUT2D eigenvalue weighted by Crippen LogP contribution is 2.37. The molecule has 0 aliphatic carbocycles. The van der Waals surface area contributed by atoms with E-state index in [1.807, 2.05) is 4.90 Å². The van der Waals surface area contributed by atoms with E-state index < -0.39 is 23.1 Å². The van der Waals surface area contributed by atoms with Crippen molar-refractivity contribution in [3.63, 3.8) is 0 Å². The molecule has 4 rings (SSSR count). The normalized spacial score (nSPS) is 15.4. The van der Waals surface area contributed by atoms with Gasteiger partial charge in [0.05, 0.1) is 16.8 Å². The van der Waals surface area contributed by atoms with Crippen molar-refractivity contribution in [3.8, 4) is 5.69 Å². The molecule has 0 spiro atoms. The molecule has 9 heteroatoms. The predicted molar refractivity (Wildman–Crippen MR) is 122 cm³/mol. The average Bonchev–Trinajstić information content (AvgIpc) is 2.78. The van der Waals surface area contributed by atoms with E-state index in [1.54, 1.807) is 24.3 Å². The lowest BCUT2D eigenvalue weighted by Gasteiger charge is -2.38. The number of halogens is 3.